The summed E-state index contributed by atoms with van der Waals surface area (Å²) < 4.78 is 0. The highest BCUT2D eigenvalue weighted by Gasteiger charge is 2.24. The molecule has 1 aliphatic carbocycles. The van der Waals surface area contributed by atoms with E-state index in [9.17, 15) is 9.59 Å². The molecule has 2 N–H and O–H groups in total. The van der Waals surface area contributed by atoms with Gasteiger partial charge in [0.25, 0.3) is 11.8 Å². The Kier molecular flexibility index (Phi) is 7.16. The number of carbonyl (C=O) groups is 2. The Bertz CT molecular complexity index is 584. The number of β-amino-alcohol motifs (C(OH)–C–C–N with tert-alkyl or cyclic N) is 1. The quantitative estimate of drug-likeness (QED) is 0.758. The highest BCUT2D eigenvalue weighted by Crippen LogP contribution is 2.27. The lowest BCUT2D eigenvalue weighted by atomic mass is 10.2. The molecule has 1 aromatic rings. The van der Waals surface area contributed by atoms with Crippen LogP contribution in [0.25, 0.3) is 0 Å². The molecular weight excluding hydrogens is 344 g/mol. The summed E-state index contributed by atoms with van der Waals surface area (Å²) in [7, 11) is 0. The summed E-state index contributed by atoms with van der Waals surface area (Å²) in [5.74, 6) is 0.391. The number of nitrogens with zero attached hydrogens (tertiary/aromatic N) is 3. The molecular formula is C17H25ClN4O3. The Morgan fingerprint density at radius 2 is 1.92 bits per heavy atom. The fourth-order valence-corrected chi connectivity index (χ4v) is 2.79. The summed E-state index contributed by atoms with van der Waals surface area (Å²) in [5.41, 5.74) is 0.851. The van der Waals surface area contributed by atoms with Crippen molar-refractivity contribution in [1.82, 2.24) is 20.1 Å². The molecule has 0 unspecified atom stereocenters. The second-order valence-corrected chi connectivity index (χ2v) is 6.44. The number of hydrogen-bond donors (Lipinski definition) is 2. The van der Waals surface area contributed by atoms with E-state index in [0.717, 1.165) is 19.6 Å². The SMILES string of the molecule is Cl.O=C(NCC1CC1)c1ccc(C(=O)N2CCN(CCO)CC2)nc1. The van der Waals surface area contributed by atoms with Gasteiger partial charge in [0.2, 0.25) is 0 Å². The molecule has 1 aromatic heterocycles. The van der Waals surface area contributed by atoms with Crippen molar-refractivity contribution in [2.75, 3.05) is 45.9 Å². The maximum atomic E-state index is 12.5. The van der Waals surface area contributed by atoms with Crippen LogP contribution >= 0.6 is 12.4 Å². The van der Waals surface area contributed by atoms with Gasteiger partial charge in [-0.05, 0) is 30.9 Å². The number of piperazine rings is 1. The highest BCUT2D eigenvalue weighted by molar-refractivity contribution is 5.96. The summed E-state index contributed by atoms with van der Waals surface area (Å²) in [4.78, 5) is 32.5. The number of hydrogen-bond acceptors (Lipinski definition) is 5. The van der Waals surface area contributed by atoms with Crippen molar-refractivity contribution >= 4 is 24.2 Å². The predicted molar refractivity (Wildman–Crippen MR) is 96.0 cm³/mol. The lowest BCUT2D eigenvalue weighted by Gasteiger charge is -2.34. The van der Waals surface area contributed by atoms with Gasteiger partial charge >= 0.3 is 0 Å². The fourth-order valence-electron chi connectivity index (χ4n) is 2.79. The minimum Gasteiger partial charge on any atom is -0.395 e. The van der Waals surface area contributed by atoms with Crippen LogP contribution in [0.3, 0.4) is 0 Å². The number of halogens is 1. The van der Waals surface area contributed by atoms with Crippen LogP contribution < -0.4 is 5.32 Å². The summed E-state index contributed by atoms with van der Waals surface area (Å²) >= 11 is 0. The Balaban J connectivity index is 0.00000225. The lowest BCUT2D eigenvalue weighted by Crippen LogP contribution is -2.49. The highest BCUT2D eigenvalue weighted by atomic mass is 35.5. The van der Waals surface area contributed by atoms with Gasteiger partial charge < -0.3 is 15.3 Å². The molecule has 0 bridgehead atoms. The molecule has 25 heavy (non-hydrogen) atoms. The third kappa shape index (κ3) is 5.39. The fraction of sp³-hybridized carbons (Fsp3) is 0.588. The van der Waals surface area contributed by atoms with E-state index in [-0.39, 0.29) is 30.8 Å². The first-order valence-electron chi connectivity index (χ1n) is 8.54. The zero-order chi connectivity index (χ0) is 16.9. The van der Waals surface area contributed by atoms with E-state index in [4.69, 9.17) is 5.11 Å². The molecule has 3 rings (SSSR count). The van der Waals surface area contributed by atoms with Crippen LogP contribution in [-0.4, -0.2) is 77.6 Å². The molecule has 0 aromatic carbocycles. The van der Waals surface area contributed by atoms with Crippen LogP contribution in [0.4, 0.5) is 0 Å². The van der Waals surface area contributed by atoms with Crippen molar-refractivity contribution in [3.8, 4) is 0 Å². The molecule has 7 nitrogen and oxygen atoms in total. The van der Waals surface area contributed by atoms with Crippen LogP contribution in [0.1, 0.15) is 33.7 Å². The van der Waals surface area contributed by atoms with Crippen molar-refractivity contribution < 1.29 is 14.7 Å². The van der Waals surface area contributed by atoms with Gasteiger partial charge in [-0.25, -0.2) is 0 Å². The maximum absolute atomic E-state index is 12.5. The number of pyridine rings is 1. The molecule has 2 amide bonds. The minimum absolute atomic E-state index is 0. The molecule has 138 valence electrons. The van der Waals surface area contributed by atoms with Crippen molar-refractivity contribution in [2.45, 2.75) is 12.8 Å². The van der Waals surface area contributed by atoms with Crippen LogP contribution in [0.5, 0.6) is 0 Å². The molecule has 0 radical (unpaired) electrons. The Morgan fingerprint density at radius 1 is 1.20 bits per heavy atom. The average Bonchev–Trinajstić information content (AvgIpc) is 3.45. The summed E-state index contributed by atoms with van der Waals surface area (Å²) in [6.07, 6.45) is 3.85. The molecule has 1 saturated carbocycles. The molecule has 2 fully saturated rings. The van der Waals surface area contributed by atoms with Gasteiger partial charge in [-0.15, -0.1) is 12.4 Å². The number of aliphatic hydroxyl groups is 1. The Morgan fingerprint density at radius 3 is 2.48 bits per heavy atom. The van der Waals surface area contributed by atoms with Gasteiger partial charge in [0.15, 0.2) is 0 Å². The molecule has 0 spiro atoms. The predicted octanol–water partition coefficient (Wildman–Crippen LogP) is 0.393. The third-order valence-corrected chi connectivity index (χ3v) is 4.57. The second kappa shape index (κ2) is 9.12. The molecule has 2 aliphatic rings. The summed E-state index contributed by atoms with van der Waals surface area (Å²) in [6.45, 7) is 4.28. The minimum atomic E-state index is -0.133. The smallest absolute Gasteiger partial charge is 0.272 e. The molecule has 1 aliphatic heterocycles. The van der Waals surface area contributed by atoms with Crippen LogP contribution in [0.15, 0.2) is 18.3 Å². The molecule has 1 saturated heterocycles. The Labute approximate surface area is 153 Å². The van der Waals surface area contributed by atoms with E-state index in [1.165, 1.54) is 19.0 Å². The van der Waals surface area contributed by atoms with E-state index in [2.05, 4.69) is 15.2 Å². The van der Waals surface area contributed by atoms with Crippen molar-refractivity contribution in [3.63, 3.8) is 0 Å². The zero-order valence-electron chi connectivity index (χ0n) is 14.2. The number of rotatable bonds is 6. The summed E-state index contributed by atoms with van der Waals surface area (Å²) in [6, 6.07) is 3.28. The Hall–Kier alpha value is -1.70. The number of nitrogens with one attached hydrogen (secondary N) is 1. The topological polar surface area (TPSA) is 85.8 Å². The zero-order valence-corrected chi connectivity index (χ0v) is 15.0. The van der Waals surface area contributed by atoms with Gasteiger partial charge in [0.1, 0.15) is 5.69 Å². The first kappa shape index (κ1) is 19.6. The average molecular weight is 369 g/mol. The van der Waals surface area contributed by atoms with Crippen molar-refractivity contribution in [1.29, 1.82) is 0 Å². The number of amides is 2. The maximum Gasteiger partial charge on any atom is 0.272 e. The van der Waals surface area contributed by atoms with Gasteiger partial charge in [-0.1, -0.05) is 0 Å². The van der Waals surface area contributed by atoms with Crippen molar-refractivity contribution in [3.05, 3.63) is 29.6 Å². The largest absolute Gasteiger partial charge is 0.395 e. The lowest BCUT2D eigenvalue weighted by molar-refractivity contribution is 0.0609. The van der Waals surface area contributed by atoms with E-state index in [0.29, 0.717) is 36.8 Å². The van der Waals surface area contributed by atoms with E-state index < -0.39 is 0 Å². The monoisotopic (exact) mass is 368 g/mol. The van der Waals surface area contributed by atoms with Crippen LogP contribution in [0, 0.1) is 5.92 Å². The third-order valence-electron chi connectivity index (χ3n) is 4.57. The first-order valence-corrected chi connectivity index (χ1v) is 8.54. The summed E-state index contributed by atoms with van der Waals surface area (Å²) in [5, 5.41) is 11.8. The van der Waals surface area contributed by atoms with Gasteiger partial charge in [0, 0.05) is 45.5 Å². The number of aliphatic hydroxyl groups excluding tert-OH is 1. The van der Waals surface area contributed by atoms with E-state index in [1.54, 1.807) is 17.0 Å². The molecule has 2 heterocycles. The standard InChI is InChI=1S/C17H24N4O3.ClH/c22-10-9-20-5-7-21(8-6-20)17(24)15-4-3-14(12-18-15)16(23)19-11-13-1-2-13;/h3-4,12-13,22H,1-2,5-11H2,(H,19,23);1H. The van der Waals surface area contributed by atoms with Crippen LogP contribution in [0.2, 0.25) is 0 Å². The van der Waals surface area contributed by atoms with Gasteiger partial charge in [-0.3, -0.25) is 19.5 Å². The van der Waals surface area contributed by atoms with Crippen LogP contribution in [-0.2, 0) is 0 Å². The van der Waals surface area contributed by atoms with E-state index >= 15 is 0 Å². The molecule has 0 atom stereocenters. The van der Waals surface area contributed by atoms with Gasteiger partial charge in [-0.2, -0.15) is 0 Å². The second-order valence-electron chi connectivity index (χ2n) is 6.44. The molecule has 8 heteroatoms. The van der Waals surface area contributed by atoms with Crippen molar-refractivity contribution in [2.24, 2.45) is 5.92 Å². The van der Waals surface area contributed by atoms with Gasteiger partial charge in [0.05, 0.1) is 12.2 Å². The number of aromatic nitrogens is 1. The normalized spacial score (nSPS) is 17.7. The number of carbonyl (C=O) groups excluding carboxylic acids is 2. The van der Waals surface area contributed by atoms with E-state index in [1.807, 2.05) is 0 Å². The first-order chi connectivity index (χ1) is 11.7.